The number of amides is 2. The third-order valence-corrected chi connectivity index (χ3v) is 7.23. The van der Waals surface area contributed by atoms with Crippen molar-refractivity contribution in [2.75, 3.05) is 16.8 Å². The van der Waals surface area contributed by atoms with Crippen molar-refractivity contribution >= 4 is 64.1 Å². The molecule has 0 bridgehead atoms. The minimum absolute atomic E-state index is 0.0203. The van der Waals surface area contributed by atoms with Crippen LogP contribution in [0.2, 0.25) is 15.1 Å². The van der Waals surface area contributed by atoms with Crippen molar-refractivity contribution in [1.82, 2.24) is 20.1 Å². The van der Waals surface area contributed by atoms with Crippen LogP contribution >= 0.6 is 46.6 Å². The Kier molecular flexibility index (Phi) is 6.61. The van der Waals surface area contributed by atoms with E-state index in [1.807, 2.05) is 0 Å². The molecule has 1 saturated carbocycles. The van der Waals surface area contributed by atoms with Gasteiger partial charge in [0.25, 0.3) is 11.8 Å². The highest BCUT2D eigenvalue weighted by atomic mass is 35.5. The zero-order valence-electron chi connectivity index (χ0n) is 17.6. The molecule has 2 aliphatic rings. The Balaban J connectivity index is 1.50. The van der Waals surface area contributed by atoms with Crippen LogP contribution in [0.15, 0.2) is 36.5 Å². The van der Waals surface area contributed by atoms with E-state index in [1.54, 1.807) is 30.1 Å². The maximum atomic E-state index is 13.4. The summed E-state index contributed by atoms with van der Waals surface area (Å²) < 4.78 is 7.19. The molecule has 2 amide bonds. The van der Waals surface area contributed by atoms with Crippen molar-refractivity contribution in [2.45, 2.75) is 25.0 Å². The van der Waals surface area contributed by atoms with Crippen LogP contribution in [0.25, 0.3) is 5.82 Å². The Morgan fingerprint density at radius 2 is 1.88 bits per heavy atom. The third-order valence-electron chi connectivity index (χ3n) is 5.20. The Labute approximate surface area is 214 Å². The predicted octanol–water partition coefficient (Wildman–Crippen LogP) is 4.87. The van der Waals surface area contributed by atoms with Crippen LogP contribution in [0.4, 0.5) is 5.69 Å². The summed E-state index contributed by atoms with van der Waals surface area (Å²) in [4.78, 5) is 30.5. The molecule has 34 heavy (non-hydrogen) atoms. The van der Waals surface area contributed by atoms with Crippen molar-refractivity contribution in [3.05, 3.63) is 62.9 Å². The molecule has 1 aliphatic heterocycles. The number of carbonyl (C=O) groups excluding carboxylic acids is 2. The lowest BCUT2D eigenvalue weighted by Crippen LogP contribution is -2.31. The van der Waals surface area contributed by atoms with Crippen molar-refractivity contribution < 1.29 is 14.3 Å². The van der Waals surface area contributed by atoms with E-state index in [0.717, 1.165) is 24.3 Å². The molecule has 3 aromatic rings. The van der Waals surface area contributed by atoms with Gasteiger partial charge in [-0.1, -0.05) is 34.8 Å². The molecule has 5 rings (SSSR count). The first-order chi connectivity index (χ1) is 16.4. The van der Waals surface area contributed by atoms with Crippen LogP contribution in [0.1, 0.15) is 33.7 Å². The van der Waals surface area contributed by atoms with Gasteiger partial charge < -0.3 is 15.4 Å². The summed E-state index contributed by atoms with van der Waals surface area (Å²) in [5, 5.41) is 10.8. The van der Waals surface area contributed by atoms with Crippen LogP contribution in [-0.4, -0.2) is 50.2 Å². The van der Waals surface area contributed by atoms with E-state index in [-0.39, 0.29) is 56.7 Å². The SMILES string of the molecule is O=C(NC1CC1)c1cc(Cl)cc(Cl)c1NC(=O)c1cc(OC2CSC2)nn1-c1ncccc1Cl. The van der Waals surface area contributed by atoms with Crippen molar-refractivity contribution in [2.24, 2.45) is 0 Å². The van der Waals surface area contributed by atoms with Gasteiger partial charge in [0, 0.05) is 34.8 Å². The van der Waals surface area contributed by atoms with Crippen LogP contribution in [-0.2, 0) is 0 Å². The van der Waals surface area contributed by atoms with Crippen LogP contribution in [0.5, 0.6) is 5.88 Å². The number of pyridine rings is 1. The van der Waals surface area contributed by atoms with Crippen LogP contribution in [0, 0.1) is 0 Å². The lowest BCUT2D eigenvalue weighted by atomic mass is 10.1. The van der Waals surface area contributed by atoms with Gasteiger partial charge in [0.2, 0.25) is 5.88 Å². The Morgan fingerprint density at radius 3 is 2.56 bits per heavy atom. The molecule has 2 fully saturated rings. The van der Waals surface area contributed by atoms with Gasteiger partial charge in [-0.05, 0) is 37.1 Å². The number of rotatable bonds is 7. The second kappa shape index (κ2) is 9.65. The zero-order valence-corrected chi connectivity index (χ0v) is 20.6. The summed E-state index contributed by atoms with van der Waals surface area (Å²) in [5.74, 6) is 1.29. The van der Waals surface area contributed by atoms with E-state index in [0.29, 0.717) is 5.02 Å². The number of halogens is 3. The topological polar surface area (TPSA) is 98.1 Å². The largest absolute Gasteiger partial charge is 0.472 e. The van der Waals surface area contributed by atoms with Gasteiger partial charge in [0.1, 0.15) is 11.8 Å². The van der Waals surface area contributed by atoms with Gasteiger partial charge in [-0.25, -0.2) is 9.67 Å². The van der Waals surface area contributed by atoms with E-state index in [9.17, 15) is 9.59 Å². The number of ether oxygens (including phenoxy) is 1. The van der Waals surface area contributed by atoms with E-state index >= 15 is 0 Å². The number of nitrogens with zero attached hydrogens (tertiary/aromatic N) is 3. The highest BCUT2D eigenvalue weighted by Gasteiger charge is 2.28. The predicted molar refractivity (Wildman–Crippen MR) is 133 cm³/mol. The molecular formula is C22H18Cl3N5O3S. The first kappa shape index (κ1) is 23.3. The first-order valence-electron chi connectivity index (χ1n) is 10.5. The van der Waals surface area contributed by atoms with E-state index < -0.39 is 5.91 Å². The molecule has 0 radical (unpaired) electrons. The van der Waals surface area contributed by atoms with Crippen LogP contribution in [0.3, 0.4) is 0 Å². The van der Waals surface area contributed by atoms with E-state index in [2.05, 4.69) is 20.7 Å². The molecule has 8 nitrogen and oxygen atoms in total. The number of hydrogen-bond donors (Lipinski definition) is 2. The number of anilines is 1. The summed E-state index contributed by atoms with van der Waals surface area (Å²) >= 11 is 20.6. The third kappa shape index (κ3) is 4.98. The smallest absolute Gasteiger partial charge is 0.274 e. The molecule has 0 unspecified atom stereocenters. The second-order valence-electron chi connectivity index (χ2n) is 7.88. The summed E-state index contributed by atoms with van der Waals surface area (Å²) in [6.07, 6.45) is 3.39. The van der Waals surface area contributed by atoms with Gasteiger partial charge in [-0.2, -0.15) is 11.8 Å². The van der Waals surface area contributed by atoms with E-state index in [1.165, 1.54) is 22.9 Å². The van der Waals surface area contributed by atoms with Gasteiger partial charge >= 0.3 is 0 Å². The summed E-state index contributed by atoms with van der Waals surface area (Å²) in [6, 6.07) is 7.88. The average molecular weight is 539 g/mol. The molecule has 12 heteroatoms. The fourth-order valence-electron chi connectivity index (χ4n) is 3.27. The Hall–Kier alpha value is -2.46. The first-order valence-corrected chi connectivity index (χ1v) is 12.7. The summed E-state index contributed by atoms with van der Waals surface area (Å²) in [7, 11) is 0. The van der Waals surface area contributed by atoms with Crippen molar-refractivity contribution in [3.8, 4) is 11.7 Å². The number of nitrogens with one attached hydrogen (secondary N) is 2. The van der Waals surface area contributed by atoms with Gasteiger partial charge in [0.15, 0.2) is 5.82 Å². The van der Waals surface area contributed by atoms with Gasteiger partial charge in [-0.15, -0.1) is 5.10 Å². The van der Waals surface area contributed by atoms with Gasteiger partial charge in [-0.3, -0.25) is 9.59 Å². The maximum Gasteiger partial charge on any atom is 0.274 e. The number of benzene rings is 1. The molecule has 176 valence electrons. The zero-order chi connectivity index (χ0) is 23.8. The summed E-state index contributed by atoms with van der Waals surface area (Å²) in [6.45, 7) is 0. The minimum atomic E-state index is -0.572. The number of hydrogen-bond acceptors (Lipinski definition) is 6. The van der Waals surface area contributed by atoms with Crippen molar-refractivity contribution in [3.63, 3.8) is 0 Å². The molecule has 1 aromatic carbocycles. The molecule has 0 spiro atoms. The standard InChI is InChI=1S/C22H18Cl3N5O3S/c23-11-6-14(21(31)27-12-3-4-12)19(16(25)7-11)28-22(32)17-8-18(33-13-9-34-10-13)29-30(17)20-15(24)2-1-5-26-20/h1-2,5-8,12-13H,3-4,9-10H2,(H,27,31)(H,28,32). The number of carbonyl (C=O) groups is 2. The van der Waals surface area contributed by atoms with E-state index in [4.69, 9.17) is 39.5 Å². The fraction of sp³-hybridized carbons (Fsp3) is 0.273. The molecule has 2 aromatic heterocycles. The maximum absolute atomic E-state index is 13.4. The lowest BCUT2D eigenvalue weighted by Gasteiger charge is -2.24. The normalized spacial score (nSPS) is 15.5. The quantitative estimate of drug-likeness (QED) is 0.446. The van der Waals surface area contributed by atoms with Gasteiger partial charge in [0.05, 0.1) is 21.3 Å². The molecule has 1 aliphatic carbocycles. The lowest BCUT2D eigenvalue weighted by molar-refractivity contribution is 0.0952. The Bertz CT molecular complexity index is 1280. The molecule has 2 N–H and O–H groups in total. The second-order valence-corrected chi connectivity index (χ2v) is 10.2. The number of thioether (sulfide) groups is 1. The Morgan fingerprint density at radius 1 is 1.09 bits per heavy atom. The monoisotopic (exact) mass is 537 g/mol. The average Bonchev–Trinajstić information content (AvgIpc) is 3.48. The van der Waals surface area contributed by atoms with Crippen molar-refractivity contribution in [1.29, 1.82) is 0 Å². The molecule has 3 heterocycles. The summed E-state index contributed by atoms with van der Waals surface area (Å²) in [5.41, 5.74) is 0.428. The minimum Gasteiger partial charge on any atom is -0.472 e. The number of aromatic nitrogens is 3. The highest BCUT2D eigenvalue weighted by Crippen LogP contribution is 2.33. The fourth-order valence-corrected chi connectivity index (χ4v) is 4.58. The highest BCUT2D eigenvalue weighted by molar-refractivity contribution is 8.00. The molecule has 1 saturated heterocycles. The molecule has 0 atom stereocenters. The van der Waals surface area contributed by atoms with Crippen LogP contribution < -0.4 is 15.4 Å². The molecular weight excluding hydrogens is 521 g/mol.